The lowest BCUT2D eigenvalue weighted by Crippen LogP contribution is -2.47. The second kappa shape index (κ2) is 7.25. The molecule has 1 aliphatic carbocycles. The summed E-state index contributed by atoms with van der Waals surface area (Å²) >= 11 is 5.93. The molecule has 136 valence electrons. The summed E-state index contributed by atoms with van der Waals surface area (Å²) in [6, 6.07) is 14.1. The van der Waals surface area contributed by atoms with Gasteiger partial charge in [0.2, 0.25) is 0 Å². The van der Waals surface area contributed by atoms with Crippen molar-refractivity contribution in [2.75, 3.05) is 19.7 Å². The number of ether oxygens (including phenoxy) is 1. The molecule has 2 aliphatic rings. The Balaban J connectivity index is 1.34. The van der Waals surface area contributed by atoms with Crippen LogP contribution in [0.25, 0.3) is 0 Å². The largest absolute Gasteiger partial charge is 0.370 e. The Kier molecular flexibility index (Phi) is 4.83. The van der Waals surface area contributed by atoms with Gasteiger partial charge in [-0.25, -0.2) is 9.18 Å². The molecule has 2 aromatic rings. The van der Waals surface area contributed by atoms with Crippen molar-refractivity contribution in [2.24, 2.45) is 0 Å². The quantitative estimate of drug-likeness (QED) is 0.878. The summed E-state index contributed by atoms with van der Waals surface area (Å²) < 4.78 is 19.1. The van der Waals surface area contributed by atoms with E-state index < -0.39 is 0 Å². The highest BCUT2D eigenvalue weighted by Gasteiger charge is 2.40. The van der Waals surface area contributed by atoms with E-state index >= 15 is 0 Å². The van der Waals surface area contributed by atoms with Crippen molar-refractivity contribution < 1.29 is 13.9 Å². The van der Waals surface area contributed by atoms with Crippen LogP contribution in [0.2, 0.25) is 5.02 Å². The van der Waals surface area contributed by atoms with E-state index in [0.717, 1.165) is 17.5 Å². The average Bonchev–Trinajstić information content (AvgIpc) is 3.41. The summed E-state index contributed by atoms with van der Waals surface area (Å²) in [4.78, 5) is 14.4. The minimum atomic E-state index is -0.238. The van der Waals surface area contributed by atoms with Crippen molar-refractivity contribution in [3.05, 3.63) is 70.5 Å². The second-order valence-corrected chi connectivity index (χ2v) is 7.25. The number of morpholine rings is 1. The third-order valence-corrected chi connectivity index (χ3v) is 5.22. The van der Waals surface area contributed by atoms with Crippen molar-refractivity contribution in [1.82, 2.24) is 10.2 Å². The van der Waals surface area contributed by atoms with E-state index in [0.29, 0.717) is 24.7 Å². The van der Waals surface area contributed by atoms with Gasteiger partial charge in [0.25, 0.3) is 0 Å². The molecule has 2 aromatic carbocycles. The summed E-state index contributed by atoms with van der Waals surface area (Å²) in [6.45, 7) is 1.57. The number of nitrogens with one attached hydrogen (secondary N) is 1. The standard InChI is InChI=1S/C20H20ClFN2O2/c21-15-6-4-13(5-7-15)19-12-24(8-9-26-19)20(25)23-18-11-17(18)14-2-1-3-16(22)10-14/h1-7,10,17-19H,8-9,11-12H2,(H,23,25)/t17-,18-,19-/m1/s1. The first kappa shape index (κ1) is 17.3. The van der Waals surface area contributed by atoms with Crippen LogP contribution in [-0.4, -0.2) is 36.7 Å². The number of carbonyl (C=O) groups is 1. The molecule has 2 fully saturated rings. The first-order chi connectivity index (χ1) is 12.6. The number of rotatable bonds is 3. The molecule has 26 heavy (non-hydrogen) atoms. The van der Waals surface area contributed by atoms with Crippen LogP contribution >= 0.6 is 11.6 Å². The molecule has 0 spiro atoms. The zero-order valence-corrected chi connectivity index (χ0v) is 15.0. The Morgan fingerprint density at radius 2 is 2.00 bits per heavy atom. The van der Waals surface area contributed by atoms with Gasteiger partial charge in [-0.1, -0.05) is 35.9 Å². The maximum atomic E-state index is 13.3. The molecule has 0 aromatic heterocycles. The fourth-order valence-corrected chi connectivity index (χ4v) is 3.55. The van der Waals surface area contributed by atoms with Crippen molar-refractivity contribution >= 4 is 17.6 Å². The lowest BCUT2D eigenvalue weighted by atomic mass is 10.1. The Labute approximate surface area is 156 Å². The third-order valence-electron chi connectivity index (χ3n) is 4.97. The summed E-state index contributed by atoms with van der Waals surface area (Å²) in [5.74, 6) is -0.0405. The summed E-state index contributed by atoms with van der Waals surface area (Å²) in [5, 5.41) is 3.74. The van der Waals surface area contributed by atoms with E-state index in [9.17, 15) is 9.18 Å². The Morgan fingerprint density at radius 3 is 2.77 bits per heavy atom. The van der Waals surface area contributed by atoms with Crippen molar-refractivity contribution in [3.8, 4) is 0 Å². The van der Waals surface area contributed by atoms with Crippen LogP contribution in [0.4, 0.5) is 9.18 Å². The van der Waals surface area contributed by atoms with E-state index in [1.54, 1.807) is 17.0 Å². The lowest BCUT2D eigenvalue weighted by Gasteiger charge is -2.33. The molecule has 1 heterocycles. The van der Waals surface area contributed by atoms with Crippen LogP contribution in [0, 0.1) is 5.82 Å². The molecule has 0 bridgehead atoms. The van der Waals surface area contributed by atoms with Crippen LogP contribution in [0.3, 0.4) is 0 Å². The first-order valence-electron chi connectivity index (χ1n) is 8.78. The topological polar surface area (TPSA) is 41.6 Å². The maximum Gasteiger partial charge on any atom is 0.317 e. The normalized spacial score (nSPS) is 25.0. The highest BCUT2D eigenvalue weighted by Crippen LogP contribution is 2.41. The molecule has 0 radical (unpaired) electrons. The maximum absolute atomic E-state index is 13.3. The third kappa shape index (κ3) is 3.84. The molecule has 1 aliphatic heterocycles. The van der Waals surface area contributed by atoms with Gasteiger partial charge in [0, 0.05) is 23.5 Å². The van der Waals surface area contributed by atoms with Crippen molar-refractivity contribution in [1.29, 1.82) is 0 Å². The van der Waals surface area contributed by atoms with Gasteiger partial charge in [-0.3, -0.25) is 0 Å². The predicted molar refractivity (Wildman–Crippen MR) is 97.8 cm³/mol. The van der Waals surface area contributed by atoms with Gasteiger partial charge in [-0.2, -0.15) is 0 Å². The van der Waals surface area contributed by atoms with Gasteiger partial charge in [0.1, 0.15) is 11.9 Å². The number of halogens is 2. The molecule has 0 unspecified atom stereocenters. The van der Waals surface area contributed by atoms with Gasteiger partial charge in [-0.05, 0) is 41.8 Å². The molecule has 1 saturated carbocycles. The summed E-state index contributed by atoms with van der Waals surface area (Å²) in [5.41, 5.74) is 1.95. The molecule has 4 rings (SSSR count). The van der Waals surface area contributed by atoms with Crippen molar-refractivity contribution in [3.63, 3.8) is 0 Å². The van der Waals surface area contributed by atoms with Crippen LogP contribution in [0.5, 0.6) is 0 Å². The first-order valence-corrected chi connectivity index (χ1v) is 9.16. The summed E-state index contributed by atoms with van der Waals surface area (Å²) in [7, 11) is 0. The van der Waals surface area contributed by atoms with E-state index in [1.165, 1.54) is 6.07 Å². The van der Waals surface area contributed by atoms with Gasteiger partial charge in [0.05, 0.1) is 13.2 Å². The fourth-order valence-electron chi connectivity index (χ4n) is 3.42. The molecule has 4 nitrogen and oxygen atoms in total. The van der Waals surface area contributed by atoms with Gasteiger partial charge >= 0.3 is 6.03 Å². The number of hydrogen-bond acceptors (Lipinski definition) is 2. The fraction of sp³-hybridized carbons (Fsp3) is 0.350. The van der Waals surface area contributed by atoms with Crippen LogP contribution in [0.15, 0.2) is 48.5 Å². The molecule has 1 N–H and O–H groups in total. The molecule has 2 amide bonds. The van der Waals surface area contributed by atoms with E-state index in [4.69, 9.17) is 16.3 Å². The average molecular weight is 375 g/mol. The molecular weight excluding hydrogens is 355 g/mol. The zero-order valence-electron chi connectivity index (χ0n) is 14.2. The Morgan fingerprint density at radius 1 is 1.19 bits per heavy atom. The molecular formula is C20H20ClFN2O2. The summed E-state index contributed by atoms with van der Waals surface area (Å²) in [6.07, 6.45) is 0.699. The lowest BCUT2D eigenvalue weighted by molar-refractivity contribution is -0.0154. The SMILES string of the molecule is O=C(N[C@@H]1C[C@@H]1c1cccc(F)c1)N1CCO[C@@H](c2ccc(Cl)cc2)C1. The van der Waals surface area contributed by atoms with Gasteiger partial charge in [0.15, 0.2) is 0 Å². The molecule has 1 saturated heterocycles. The van der Waals surface area contributed by atoms with E-state index in [2.05, 4.69) is 5.32 Å². The van der Waals surface area contributed by atoms with Crippen LogP contribution in [0.1, 0.15) is 29.6 Å². The van der Waals surface area contributed by atoms with E-state index in [-0.39, 0.29) is 29.9 Å². The van der Waals surface area contributed by atoms with Crippen LogP contribution < -0.4 is 5.32 Å². The minimum absolute atomic E-state index is 0.0705. The highest BCUT2D eigenvalue weighted by molar-refractivity contribution is 6.30. The molecule has 3 atom stereocenters. The van der Waals surface area contributed by atoms with Crippen molar-refractivity contribution in [2.45, 2.75) is 24.5 Å². The smallest absolute Gasteiger partial charge is 0.317 e. The zero-order chi connectivity index (χ0) is 18.1. The van der Waals surface area contributed by atoms with Gasteiger partial charge < -0.3 is 15.0 Å². The Bertz CT molecular complexity index is 799. The molecule has 6 heteroatoms. The number of nitrogens with zero attached hydrogens (tertiary/aromatic N) is 1. The Hall–Kier alpha value is -2.11. The monoisotopic (exact) mass is 374 g/mol. The number of hydrogen-bond donors (Lipinski definition) is 1. The number of benzene rings is 2. The highest BCUT2D eigenvalue weighted by atomic mass is 35.5. The number of amides is 2. The van der Waals surface area contributed by atoms with Crippen LogP contribution in [-0.2, 0) is 4.74 Å². The number of carbonyl (C=O) groups excluding carboxylic acids is 1. The second-order valence-electron chi connectivity index (χ2n) is 6.81. The van der Waals surface area contributed by atoms with E-state index in [1.807, 2.05) is 30.3 Å². The number of urea groups is 1. The van der Waals surface area contributed by atoms with Gasteiger partial charge in [-0.15, -0.1) is 0 Å². The minimum Gasteiger partial charge on any atom is -0.370 e. The predicted octanol–water partition coefficient (Wildman–Crippen LogP) is 4.12.